The van der Waals surface area contributed by atoms with Gasteiger partial charge in [0.05, 0.1) is 112 Å². The smallest absolute Gasteiger partial charge is 0.305 e. The van der Waals surface area contributed by atoms with Gasteiger partial charge < -0.3 is 47.7 Å². The van der Waals surface area contributed by atoms with Gasteiger partial charge in [-0.25, -0.2) is 0 Å². The molecular weight excluding hydrogens is 572 g/mol. The van der Waals surface area contributed by atoms with E-state index in [1.807, 2.05) is 12.1 Å². The fraction of sp³-hybridized carbons (Fsp3) is 0.788. The van der Waals surface area contributed by atoms with Crippen LogP contribution in [-0.2, 0) is 49.1 Å². The van der Waals surface area contributed by atoms with Gasteiger partial charge in [-0.15, -0.1) is 0 Å². The van der Waals surface area contributed by atoms with Gasteiger partial charge in [0.25, 0.3) is 0 Å². The average Bonchev–Trinajstić information content (AvgIpc) is 3.03. The van der Waals surface area contributed by atoms with E-state index in [2.05, 4.69) is 19.1 Å². The van der Waals surface area contributed by atoms with E-state index in [4.69, 9.17) is 47.7 Å². The van der Waals surface area contributed by atoms with E-state index >= 15 is 0 Å². The highest BCUT2D eigenvalue weighted by molar-refractivity contribution is 5.66. The first-order chi connectivity index (χ1) is 21.7. The molecular formula is C33H58O11. The maximum Gasteiger partial charge on any atom is 0.305 e. The van der Waals surface area contributed by atoms with Crippen LogP contribution in [-0.4, -0.2) is 123 Å². The number of ether oxygens (including phenoxy) is 9. The molecule has 0 aliphatic carbocycles. The van der Waals surface area contributed by atoms with Gasteiger partial charge in [-0.1, -0.05) is 51.2 Å². The molecule has 0 aliphatic rings. The second-order valence-electron chi connectivity index (χ2n) is 10.1. The Morgan fingerprint density at radius 1 is 0.500 bits per heavy atom. The predicted octanol–water partition coefficient (Wildman–Crippen LogP) is 4.58. The predicted molar refractivity (Wildman–Crippen MR) is 168 cm³/mol. The normalized spacial score (nSPS) is 11.3. The second-order valence-corrected chi connectivity index (χ2v) is 10.1. The van der Waals surface area contributed by atoms with Crippen molar-refractivity contribution < 1.29 is 52.5 Å². The molecule has 1 aromatic rings. The Labute approximate surface area is 264 Å². The Bertz CT molecular complexity index is 733. The number of aryl methyl sites for hydroxylation is 1. The van der Waals surface area contributed by atoms with Crippen LogP contribution in [0.4, 0.5) is 0 Å². The summed E-state index contributed by atoms with van der Waals surface area (Å²) in [4.78, 5) is 10.3. The van der Waals surface area contributed by atoms with E-state index in [1.165, 1.54) is 44.1 Å². The first-order valence-corrected chi connectivity index (χ1v) is 16.3. The van der Waals surface area contributed by atoms with Crippen molar-refractivity contribution in [2.75, 3.05) is 112 Å². The lowest BCUT2D eigenvalue weighted by atomic mass is 10.0. The number of aliphatic carboxylic acids is 1. The third-order valence-corrected chi connectivity index (χ3v) is 6.30. The number of hydrogen-bond donors (Lipinski definition) is 1. The molecule has 0 unspecified atom stereocenters. The average molecular weight is 631 g/mol. The van der Waals surface area contributed by atoms with Crippen LogP contribution in [0.2, 0.25) is 0 Å². The van der Waals surface area contributed by atoms with Crippen molar-refractivity contribution in [3.63, 3.8) is 0 Å². The van der Waals surface area contributed by atoms with Gasteiger partial charge in [0.2, 0.25) is 0 Å². The second kappa shape index (κ2) is 32.6. The molecule has 0 aromatic heterocycles. The summed E-state index contributed by atoms with van der Waals surface area (Å²) in [6.45, 7) is 10.2. The fourth-order valence-electron chi connectivity index (χ4n) is 3.88. The molecule has 11 heteroatoms. The Hall–Kier alpha value is -1.83. The molecule has 0 heterocycles. The fourth-order valence-corrected chi connectivity index (χ4v) is 3.88. The van der Waals surface area contributed by atoms with Crippen LogP contribution in [0.1, 0.15) is 57.4 Å². The van der Waals surface area contributed by atoms with Crippen LogP contribution in [0.25, 0.3) is 0 Å². The van der Waals surface area contributed by atoms with Crippen LogP contribution in [0, 0.1) is 0 Å². The van der Waals surface area contributed by atoms with Gasteiger partial charge in [0, 0.05) is 0 Å². The Morgan fingerprint density at radius 2 is 0.864 bits per heavy atom. The third-order valence-electron chi connectivity index (χ3n) is 6.30. The maximum absolute atomic E-state index is 10.3. The molecule has 256 valence electrons. The van der Waals surface area contributed by atoms with Crippen LogP contribution >= 0.6 is 0 Å². The summed E-state index contributed by atoms with van der Waals surface area (Å²) in [7, 11) is 0. The van der Waals surface area contributed by atoms with Crippen LogP contribution < -0.4 is 4.74 Å². The summed E-state index contributed by atoms with van der Waals surface area (Å²) in [5.74, 6) is 0.0103. The highest BCUT2D eigenvalue weighted by Crippen LogP contribution is 2.15. The minimum atomic E-state index is -0.870. The molecule has 1 N–H and O–H groups in total. The van der Waals surface area contributed by atoms with E-state index < -0.39 is 5.97 Å². The van der Waals surface area contributed by atoms with Gasteiger partial charge in [-0.3, -0.25) is 4.79 Å². The van der Waals surface area contributed by atoms with E-state index in [0.717, 1.165) is 12.2 Å². The molecule has 0 amide bonds. The maximum atomic E-state index is 10.3. The summed E-state index contributed by atoms with van der Waals surface area (Å²) < 4.78 is 49.1. The largest absolute Gasteiger partial charge is 0.491 e. The van der Waals surface area contributed by atoms with Crippen molar-refractivity contribution in [2.45, 2.75) is 58.3 Å². The molecule has 0 atom stereocenters. The number of benzene rings is 1. The number of carboxylic acid groups (broad SMARTS) is 1. The SMILES string of the molecule is CCCCCCCCc1ccc(OCCOCCOCCOCCOCCOCCOCCOCCOCCC(=O)O)cc1. The lowest BCUT2D eigenvalue weighted by Crippen LogP contribution is -2.15. The minimum absolute atomic E-state index is 0.00204. The zero-order valence-corrected chi connectivity index (χ0v) is 27.0. The van der Waals surface area contributed by atoms with Gasteiger partial charge >= 0.3 is 5.97 Å². The van der Waals surface area contributed by atoms with Gasteiger partial charge in [0.15, 0.2) is 0 Å². The van der Waals surface area contributed by atoms with Crippen molar-refractivity contribution >= 4 is 5.97 Å². The van der Waals surface area contributed by atoms with E-state index in [-0.39, 0.29) is 13.0 Å². The number of unbranched alkanes of at least 4 members (excludes halogenated alkanes) is 5. The number of rotatable bonds is 35. The van der Waals surface area contributed by atoms with Gasteiger partial charge in [-0.2, -0.15) is 0 Å². The Kier molecular flexibility index (Phi) is 29.7. The Balaban J connectivity index is 1.72. The summed E-state index contributed by atoms with van der Waals surface area (Å²) in [6, 6.07) is 8.41. The zero-order chi connectivity index (χ0) is 31.6. The summed E-state index contributed by atoms with van der Waals surface area (Å²) >= 11 is 0. The summed E-state index contributed by atoms with van der Waals surface area (Å²) in [6.07, 6.45) is 9.07. The highest BCUT2D eigenvalue weighted by Gasteiger charge is 1.99. The van der Waals surface area contributed by atoms with Crippen LogP contribution in [0.3, 0.4) is 0 Å². The molecule has 0 spiro atoms. The van der Waals surface area contributed by atoms with E-state index in [9.17, 15) is 4.79 Å². The topological polar surface area (TPSA) is 120 Å². The molecule has 11 nitrogen and oxygen atoms in total. The number of carbonyl (C=O) groups is 1. The van der Waals surface area contributed by atoms with Crippen LogP contribution in [0.15, 0.2) is 24.3 Å². The number of carboxylic acids is 1. The molecule has 0 bridgehead atoms. The van der Waals surface area contributed by atoms with Crippen molar-refractivity contribution in [3.05, 3.63) is 29.8 Å². The van der Waals surface area contributed by atoms with Gasteiger partial charge in [-0.05, 0) is 30.5 Å². The van der Waals surface area contributed by atoms with Gasteiger partial charge in [0.1, 0.15) is 12.4 Å². The highest BCUT2D eigenvalue weighted by atomic mass is 16.6. The molecule has 1 aromatic carbocycles. The molecule has 0 aliphatic heterocycles. The molecule has 0 saturated carbocycles. The lowest BCUT2D eigenvalue weighted by molar-refractivity contribution is -0.138. The molecule has 0 saturated heterocycles. The summed E-state index contributed by atoms with van der Waals surface area (Å²) in [5.41, 5.74) is 1.37. The first kappa shape index (κ1) is 40.2. The van der Waals surface area contributed by atoms with E-state index in [0.29, 0.717) is 106 Å². The van der Waals surface area contributed by atoms with Crippen molar-refractivity contribution in [1.29, 1.82) is 0 Å². The molecule has 0 fully saturated rings. The molecule has 0 radical (unpaired) electrons. The first-order valence-electron chi connectivity index (χ1n) is 16.3. The summed E-state index contributed by atoms with van der Waals surface area (Å²) in [5, 5.41) is 8.49. The zero-order valence-electron chi connectivity index (χ0n) is 27.0. The standard InChI is InChI=1S/C33H58O11/c1-2-3-4-5-6-7-8-31-9-11-32(12-10-31)44-30-29-43-28-27-42-26-25-41-24-23-40-22-21-39-20-19-38-18-17-37-16-15-36-14-13-33(34)35/h9-12H,2-8,13-30H2,1H3,(H,34,35). The minimum Gasteiger partial charge on any atom is -0.491 e. The monoisotopic (exact) mass is 630 g/mol. The van der Waals surface area contributed by atoms with Crippen molar-refractivity contribution in [3.8, 4) is 5.75 Å². The quantitative estimate of drug-likeness (QED) is 0.106. The number of hydrogen-bond acceptors (Lipinski definition) is 10. The Morgan fingerprint density at radius 3 is 1.27 bits per heavy atom. The molecule has 1 rings (SSSR count). The van der Waals surface area contributed by atoms with Crippen LogP contribution in [0.5, 0.6) is 5.75 Å². The van der Waals surface area contributed by atoms with E-state index in [1.54, 1.807) is 0 Å². The van der Waals surface area contributed by atoms with Crippen molar-refractivity contribution in [1.82, 2.24) is 0 Å². The third kappa shape index (κ3) is 28.9. The lowest BCUT2D eigenvalue weighted by Gasteiger charge is -2.09. The molecule has 44 heavy (non-hydrogen) atoms. The van der Waals surface area contributed by atoms with Crippen molar-refractivity contribution in [2.24, 2.45) is 0 Å².